The summed E-state index contributed by atoms with van der Waals surface area (Å²) in [6, 6.07) is 0. The van der Waals surface area contributed by atoms with Crippen LogP contribution in [-0.2, 0) is 14.3 Å². The van der Waals surface area contributed by atoms with E-state index in [4.69, 9.17) is 4.74 Å². The Morgan fingerprint density at radius 3 is 2.50 bits per heavy atom. The first-order chi connectivity index (χ1) is 15.8. The van der Waals surface area contributed by atoms with Gasteiger partial charge in [0.2, 0.25) is 0 Å². The number of carbonyl (C=O) groups excluding carboxylic acids is 2. The number of rotatable bonds is 2. The molecule has 188 valence electrons. The molecule has 0 saturated heterocycles. The number of thiazole rings is 1. The number of Topliss-reactive ketones (excluding diaryl/α,β-unsaturated/α-hetero) is 1. The number of hydrogen-bond donors (Lipinski definition) is 2. The molecule has 2 heterocycles. The van der Waals surface area contributed by atoms with E-state index in [1.54, 1.807) is 32.1 Å². The summed E-state index contributed by atoms with van der Waals surface area (Å²) in [6.45, 7) is 12.6. The SMILES string of the molecule is C/C(=C/c1csc(C)n1)[C@@H]1C/C=C(C)/C=C/C[C@H](C)[C@H](O)[C@@H](C)C(=O)C(C)(C)[C@@H](O)CC(=O)O1. The van der Waals surface area contributed by atoms with Crippen molar-refractivity contribution in [2.75, 3.05) is 0 Å². The van der Waals surface area contributed by atoms with Crippen molar-refractivity contribution < 1.29 is 24.5 Å². The minimum atomic E-state index is -1.23. The smallest absolute Gasteiger partial charge is 0.309 e. The third-order valence-electron chi connectivity index (χ3n) is 6.67. The number of aliphatic hydroxyl groups excluding tert-OH is 2. The molecule has 5 atom stereocenters. The van der Waals surface area contributed by atoms with Gasteiger partial charge in [0.1, 0.15) is 11.9 Å². The summed E-state index contributed by atoms with van der Waals surface area (Å²) in [7, 11) is 0. The molecule has 1 aromatic heterocycles. The van der Waals surface area contributed by atoms with Crippen LogP contribution in [0.15, 0.2) is 34.8 Å². The van der Waals surface area contributed by atoms with Crippen LogP contribution in [0.1, 0.15) is 71.5 Å². The van der Waals surface area contributed by atoms with Gasteiger partial charge in [-0.2, -0.15) is 0 Å². The lowest BCUT2D eigenvalue weighted by Gasteiger charge is -2.34. The monoisotopic (exact) mass is 489 g/mol. The van der Waals surface area contributed by atoms with Gasteiger partial charge in [0, 0.05) is 17.7 Å². The number of aliphatic hydroxyl groups is 2. The van der Waals surface area contributed by atoms with Gasteiger partial charge in [-0.1, -0.05) is 51.5 Å². The van der Waals surface area contributed by atoms with E-state index in [0.717, 1.165) is 21.8 Å². The lowest BCUT2D eigenvalue weighted by Crippen LogP contribution is -2.45. The molecule has 0 aliphatic carbocycles. The van der Waals surface area contributed by atoms with Crippen LogP contribution in [0.25, 0.3) is 6.08 Å². The van der Waals surface area contributed by atoms with Crippen molar-refractivity contribution in [3.63, 3.8) is 0 Å². The number of allylic oxidation sites excluding steroid dienone is 3. The third kappa shape index (κ3) is 7.45. The summed E-state index contributed by atoms with van der Waals surface area (Å²) in [5.74, 6) is -1.65. The van der Waals surface area contributed by atoms with E-state index in [1.165, 1.54) is 0 Å². The summed E-state index contributed by atoms with van der Waals surface area (Å²) in [4.78, 5) is 30.4. The average molecular weight is 490 g/mol. The van der Waals surface area contributed by atoms with Crippen molar-refractivity contribution in [3.05, 3.63) is 45.5 Å². The van der Waals surface area contributed by atoms with E-state index in [0.29, 0.717) is 12.8 Å². The molecule has 1 aliphatic heterocycles. The molecule has 34 heavy (non-hydrogen) atoms. The number of esters is 1. The minimum absolute atomic E-state index is 0.131. The maximum atomic E-state index is 13.1. The van der Waals surface area contributed by atoms with Gasteiger partial charge in [-0.05, 0) is 44.8 Å². The topological polar surface area (TPSA) is 96.7 Å². The summed E-state index contributed by atoms with van der Waals surface area (Å²) in [5, 5.41) is 24.5. The Hall–Kier alpha value is -2.09. The van der Waals surface area contributed by atoms with Crippen LogP contribution in [-0.4, -0.2) is 45.3 Å². The molecule has 0 fully saturated rings. The molecule has 0 saturated carbocycles. The number of cyclic esters (lactones) is 1. The molecule has 0 amide bonds. The van der Waals surface area contributed by atoms with Crippen molar-refractivity contribution >= 4 is 29.2 Å². The highest BCUT2D eigenvalue weighted by Crippen LogP contribution is 2.32. The quantitative estimate of drug-likeness (QED) is 0.565. The molecule has 0 bridgehead atoms. The lowest BCUT2D eigenvalue weighted by atomic mass is 9.73. The van der Waals surface area contributed by atoms with E-state index in [2.05, 4.69) is 4.98 Å². The molecule has 1 aliphatic rings. The van der Waals surface area contributed by atoms with Crippen LogP contribution in [0.4, 0.5) is 0 Å². The predicted octanol–water partition coefficient (Wildman–Crippen LogP) is 5.04. The van der Waals surface area contributed by atoms with Gasteiger partial charge >= 0.3 is 5.97 Å². The Kier molecular flexibility index (Phi) is 9.97. The molecule has 6 nitrogen and oxygen atoms in total. The first-order valence-electron chi connectivity index (χ1n) is 11.9. The Labute approximate surface area is 207 Å². The Morgan fingerprint density at radius 2 is 1.88 bits per heavy atom. The summed E-state index contributed by atoms with van der Waals surface area (Å²) < 4.78 is 5.78. The number of ether oxygens (including phenoxy) is 1. The van der Waals surface area contributed by atoms with E-state index in [9.17, 15) is 19.8 Å². The summed E-state index contributed by atoms with van der Waals surface area (Å²) in [5.41, 5.74) is 1.47. The van der Waals surface area contributed by atoms with Gasteiger partial charge in [0.25, 0.3) is 0 Å². The van der Waals surface area contributed by atoms with Gasteiger partial charge in [-0.3, -0.25) is 9.59 Å². The van der Waals surface area contributed by atoms with Crippen molar-refractivity contribution in [3.8, 4) is 0 Å². The van der Waals surface area contributed by atoms with Gasteiger partial charge < -0.3 is 14.9 Å². The highest BCUT2D eigenvalue weighted by Gasteiger charge is 2.42. The zero-order valence-corrected chi connectivity index (χ0v) is 22.2. The zero-order chi connectivity index (χ0) is 25.6. The van der Waals surface area contributed by atoms with E-state index < -0.39 is 35.6 Å². The van der Waals surface area contributed by atoms with Gasteiger partial charge in [-0.25, -0.2) is 4.98 Å². The largest absolute Gasteiger partial charge is 0.457 e. The fraction of sp³-hybridized carbons (Fsp3) is 0.593. The van der Waals surface area contributed by atoms with E-state index in [-0.39, 0.29) is 18.1 Å². The number of ketones is 1. The number of aromatic nitrogens is 1. The number of carbonyl (C=O) groups is 2. The minimum Gasteiger partial charge on any atom is -0.457 e. The zero-order valence-electron chi connectivity index (χ0n) is 21.4. The van der Waals surface area contributed by atoms with Crippen LogP contribution < -0.4 is 0 Å². The van der Waals surface area contributed by atoms with Crippen molar-refractivity contribution in [2.45, 2.75) is 86.0 Å². The first kappa shape index (κ1) is 28.1. The molecular weight excluding hydrogens is 450 g/mol. The molecule has 2 rings (SSSR count). The second-order valence-corrected chi connectivity index (χ2v) is 11.1. The van der Waals surface area contributed by atoms with E-state index in [1.807, 2.05) is 57.4 Å². The van der Waals surface area contributed by atoms with Gasteiger partial charge in [0.05, 0.1) is 34.7 Å². The van der Waals surface area contributed by atoms with Crippen LogP contribution >= 0.6 is 11.3 Å². The number of hydrogen-bond acceptors (Lipinski definition) is 7. The van der Waals surface area contributed by atoms with Crippen LogP contribution in [0, 0.1) is 24.2 Å². The van der Waals surface area contributed by atoms with Crippen molar-refractivity contribution in [2.24, 2.45) is 17.3 Å². The summed E-state index contributed by atoms with van der Waals surface area (Å²) in [6.07, 6.45) is 6.09. The molecule has 0 spiro atoms. The first-order valence-corrected chi connectivity index (χ1v) is 12.7. The summed E-state index contributed by atoms with van der Waals surface area (Å²) >= 11 is 1.55. The fourth-order valence-corrected chi connectivity index (χ4v) is 4.66. The van der Waals surface area contributed by atoms with Crippen LogP contribution in [0.5, 0.6) is 0 Å². The van der Waals surface area contributed by atoms with Crippen LogP contribution in [0.2, 0.25) is 0 Å². The molecule has 7 heteroatoms. The van der Waals surface area contributed by atoms with Gasteiger partial charge in [-0.15, -0.1) is 11.3 Å². The molecule has 0 aromatic carbocycles. The van der Waals surface area contributed by atoms with Crippen molar-refractivity contribution in [1.29, 1.82) is 0 Å². The van der Waals surface area contributed by atoms with E-state index >= 15 is 0 Å². The normalized spacial score (nSPS) is 32.6. The number of aryl methyl sites for hydroxylation is 1. The molecular formula is C27H39NO5S. The second kappa shape index (κ2) is 12.0. The predicted molar refractivity (Wildman–Crippen MR) is 136 cm³/mol. The Morgan fingerprint density at radius 1 is 1.21 bits per heavy atom. The average Bonchev–Trinajstić information content (AvgIpc) is 3.18. The second-order valence-electron chi connectivity index (χ2n) is 10.0. The highest BCUT2D eigenvalue weighted by atomic mass is 32.1. The van der Waals surface area contributed by atoms with Crippen LogP contribution in [0.3, 0.4) is 0 Å². The van der Waals surface area contributed by atoms with Crippen molar-refractivity contribution in [1.82, 2.24) is 4.98 Å². The fourth-order valence-electron chi connectivity index (χ4n) is 4.09. The number of nitrogens with zero attached hydrogens (tertiary/aromatic N) is 1. The lowest BCUT2D eigenvalue weighted by molar-refractivity contribution is -0.154. The molecule has 2 N–H and O–H groups in total. The Balaban J connectivity index is 2.38. The highest BCUT2D eigenvalue weighted by molar-refractivity contribution is 7.09. The molecule has 0 unspecified atom stereocenters. The maximum absolute atomic E-state index is 13.1. The molecule has 1 aromatic rings. The third-order valence-corrected chi connectivity index (χ3v) is 7.47. The maximum Gasteiger partial charge on any atom is 0.309 e. The standard InChI is InChI=1S/C27H39NO5S/c1-16-9-8-10-17(2)25(31)19(4)26(32)27(6,7)23(29)14-24(30)33-22(12-11-16)18(3)13-21-15-34-20(5)28-21/h8-9,11,13,15,17,19,22-23,25,29,31H,10,12,14H2,1-7H3/b9-8+,16-11+,18-13-/t17-,19+,22-,23-,25-/m0/s1. The van der Waals surface area contributed by atoms with Gasteiger partial charge in [0.15, 0.2) is 0 Å². The molecule has 0 radical (unpaired) electrons. The Bertz CT molecular complexity index is 958.